The Hall–Kier alpha value is -4.06. The lowest BCUT2D eigenvalue weighted by atomic mass is 9.91. The Bertz CT molecular complexity index is 1220. The highest BCUT2D eigenvalue weighted by atomic mass is 16.5. The van der Waals surface area contributed by atoms with Crippen LogP contribution in [0.4, 0.5) is 0 Å². The first-order valence-electron chi connectivity index (χ1n) is 13.8. The van der Waals surface area contributed by atoms with Crippen LogP contribution in [-0.4, -0.2) is 32.3 Å². The van der Waals surface area contributed by atoms with E-state index in [-0.39, 0.29) is 5.97 Å². The Kier molecular flexibility index (Phi) is 11.8. The van der Waals surface area contributed by atoms with Gasteiger partial charge in [-0.05, 0) is 105 Å². The Morgan fingerprint density at radius 2 is 1.27 bits per heavy atom. The van der Waals surface area contributed by atoms with Crippen LogP contribution in [0.3, 0.4) is 0 Å². The van der Waals surface area contributed by atoms with E-state index in [1.807, 2.05) is 81.4 Å². The van der Waals surface area contributed by atoms with E-state index in [1.54, 1.807) is 25.3 Å². The Morgan fingerprint density at radius 1 is 0.725 bits per heavy atom. The fourth-order valence-corrected chi connectivity index (χ4v) is 3.74. The summed E-state index contributed by atoms with van der Waals surface area (Å²) in [6.45, 7) is 6.96. The Balaban J connectivity index is 1.35. The predicted octanol–water partition coefficient (Wildman–Crippen LogP) is 7.90. The van der Waals surface area contributed by atoms with Crippen molar-refractivity contribution in [2.24, 2.45) is 5.41 Å². The van der Waals surface area contributed by atoms with Crippen LogP contribution in [0.25, 0.3) is 17.2 Å². The molecule has 0 N–H and O–H groups in total. The summed E-state index contributed by atoms with van der Waals surface area (Å²) in [4.78, 5) is 24.1. The number of unbranched alkanes of at least 4 members (excludes halogenated alkanes) is 3. The summed E-state index contributed by atoms with van der Waals surface area (Å²) in [7, 11) is 1.61. The summed E-state index contributed by atoms with van der Waals surface area (Å²) in [5.74, 6) is 1.52. The smallest absolute Gasteiger partial charge is 0.336 e. The molecule has 0 aliphatic carbocycles. The van der Waals surface area contributed by atoms with E-state index < -0.39 is 11.4 Å². The molecule has 40 heavy (non-hydrogen) atoms. The van der Waals surface area contributed by atoms with E-state index >= 15 is 0 Å². The van der Waals surface area contributed by atoms with Gasteiger partial charge in [0.05, 0.1) is 25.7 Å². The Labute approximate surface area is 237 Å². The second-order valence-corrected chi connectivity index (χ2v) is 10.2. The molecule has 3 aromatic rings. The van der Waals surface area contributed by atoms with Gasteiger partial charge in [0.2, 0.25) is 0 Å². The van der Waals surface area contributed by atoms with E-state index in [2.05, 4.69) is 0 Å². The van der Waals surface area contributed by atoms with E-state index in [0.29, 0.717) is 19.0 Å². The molecule has 6 nitrogen and oxygen atoms in total. The number of methoxy groups -OCH3 is 1. The number of rotatable bonds is 15. The van der Waals surface area contributed by atoms with Crippen molar-refractivity contribution in [3.8, 4) is 28.4 Å². The first-order valence-corrected chi connectivity index (χ1v) is 13.8. The maximum absolute atomic E-state index is 12.2. The van der Waals surface area contributed by atoms with Crippen LogP contribution in [0.5, 0.6) is 17.2 Å². The summed E-state index contributed by atoms with van der Waals surface area (Å²) in [6.07, 6.45) is 7.74. The largest absolute Gasteiger partial charge is 0.497 e. The third-order valence-electron chi connectivity index (χ3n) is 6.77. The SMILES string of the molecule is CCC(C)(C)C(=O)OCCCCCCOc1ccc(-c2ccc(OC(=O)/C=C/c3ccc(OC)cc3)cc2)cc1. The van der Waals surface area contributed by atoms with Gasteiger partial charge < -0.3 is 18.9 Å². The normalized spacial score (nSPS) is 11.3. The maximum Gasteiger partial charge on any atom is 0.336 e. The van der Waals surface area contributed by atoms with Crippen LogP contribution in [0.1, 0.15) is 58.4 Å². The molecule has 0 heterocycles. The van der Waals surface area contributed by atoms with Gasteiger partial charge in [0.1, 0.15) is 17.2 Å². The zero-order valence-electron chi connectivity index (χ0n) is 24.0. The molecule has 212 valence electrons. The molecule has 0 atom stereocenters. The molecular formula is C34H40O6. The number of carbonyl (C=O) groups is 2. The standard InChI is InChI=1S/C34H40O6/c1-5-34(2,3)33(36)39-25-9-7-6-8-24-38-30-19-13-27(14-20-30)28-15-21-31(22-16-28)40-32(35)23-12-26-10-17-29(37-4)18-11-26/h10-23H,5-9,24-25H2,1-4H3/b23-12+. The van der Waals surface area contributed by atoms with Crippen molar-refractivity contribution in [1.82, 2.24) is 0 Å². The molecule has 6 heteroatoms. The lowest BCUT2D eigenvalue weighted by Gasteiger charge is -2.20. The van der Waals surface area contributed by atoms with Gasteiger partial charge in [-0.1, -0.05) is 43.3 Å². The van der Waals surface area contributed by atoms with Gasteiger partial charge in [0.25, 0.3) is 0 Å². The van der Waals surface area contributed by atoms with Crippen LogP contribution in [0, 0.1) is 5.41 Å². The highest BCUT2D eigenvalue weighted by Crippen LogP contribution is 2.25. The quantitative estimate of drug-likeness (QED) is 0.0838. The van der Waals surface area contributed by atoms with Crippen molar-refractivity contribution < 1.29 is 28.5 Å². The molecule has 0 spiro atoms. The number of hydrogen-bond donors (Lipinski definition) is 0. The topological polar surface area (TPSA) is 71.1 Å². The number of benzene rings is 3. The fraction of sp³-hybridized carbons (Fsp3) is 0.353. The van der Waals surface area contributed by atoms with Crippen molar-refractivity contribution in [2.75, 3.05) is 20.3 Å². The zero-order valence-corrected chi connectivity index (χ0v) is 24.0. The molecule has 3 aromatic carbocycles. The predicted molar refractivity (Wildman–Crippen MR) is 159 cm³/mol. The van der Waals surface area contributed by atoms with E-state index in [9.17, 15) is 9.59 Å². The molecule has 0 unspecified atom stereocenters. The van der Waals surface area contributed by atoms with Gasteiger partial charge >= 0.3 is 11.9 Å². The van der Waals surface area contributed by atoms with Crippen molar-refractivity contribution >= 4 is 18.0 Å². The van der Waals surface area contributed by atoms with Gasteiger partial charge in [-0.2, -0.15) is 0 Å². The monoisotopic (exact) mass is 544 g/mol. The molecule has 0 radical (unpaired) electrons. The summed E-state index contributed by atoms with van der Waals surface area (Å²) >= 11 is 0. The fourth-order valence-electron chi connectivity index (χ4n) is 3.74. The molecular weight excluding hydrogens is 504 g/mol. The zero-order chi connectivity index (χ0) is 28.8. The van der Waals surface area contributed by atoms with Crippen LogP contribution in [0.2, 0.25) is 0 Å². The minimum absolute atomic E-state index is 0.115. The summed E-state index contributed by atoms with van der Waals surface area (Å²) in [6, 6.07) is 22.8. The summed E-state index contributed by atoms with van der Waals surface area (Å²) in [5.41, 5.74) is 2.54. The number of ether oxygens (including phenoxy) is 4. The highest BCUT2D eigenvalue weighted by molar-refractivity contribution is 5.88. The van der Waals surface area contributed by atoms with E-state index in [4.69, 9.17) is 18.9 Å². The lowest BCUT2D eigenvalue weighted by Crippen LogP contribution is -2.26. The molecule has 0 aromatic heterocycles. The number of esters is 2. The number of hydrogen-bond acceptors (Lipinski definition) is 6. The average molecular weight is 545 g/mol. The molecule has 0 aliphatic heterocycles. The molecule has 0 saturated heterocycles. The summed E-state index contributed by atoms with van der Waals surface area (Å²) < 4.78 is 21.8. The molecule has 0 amide bonds. The molecule has 0 saturated carbocycles. The summed E-state index contributed by atoms with van der Waals surface area (Å²) in [5, 5.41) is 0. The first kappa shape index (κ1) is 30.5. The van der Waals surface area contributed by atoms with Crippen LogP contribution in [-0.2, 0) is 14.3 Å². The van der Waals surface area contributed by atoms with E-state index in [1.165, 1.54) is 6.08 Å². The maximum atomic E-state index is 12.2. The number of carbonyl (C=O) groups excluding carboxylic acids is 2. The van der Waals surface area contributed by atoms with Crippen molar-refractivity contribution in [3.05, 3.63) is 84.4 Å². The minimum atomic E-state index is -0.440. The first-order chi connectivity index (χ1) is 19.3. The van der Waals surface area contributed by atoms with Crippen molar-refractivity contribution in [2.45, 2.75) is 52.9 Å². The van der Waals surface area contributed by atoms with Crippen molar-refractivity contribution in [3.63, 3.8) is 0 Å². The van der Waals surface area contributed by atoms with E-state index in [0.717, 1.165) is 60.3 Å². The van der Waals surface area contributed by atoms with Crippen LogP contribution < -0.4 is 14.2 Å². The molecule has 3 rings (SSSR count). The van der Waals surface area contributed by atoms with Gasteiger partial charge in [-0.3, -0.25) is 4.79 Å². The lowest BCUT2D eigenvalue weighted by molar-refractivity contribution is -0.154. The third kappa shape index (κ3) is 9.92. The molecule has 0 aliphatic rings. The highest BCUT2D eigenvalue weighted by Gasteiger charge is 2.26. The van der Waals surface area contributed by atoms with Crippen LogP contribution in [0.15, 0.2) is 78.9 Å². The van der Waals surface area contributed by atoms with Gasteiger partial charge in [-0.15, -0.1) is 0 Å². The van der Waals surface area contributed by atoms with Gasteiger partial charge in [0.15, 0.2) is 0 Å². The van der Waals surface area contributed by atoms with Crippen molar-refractivity contribution in [1.29, 1.82) is 0 Å². The van der Waals surface area contributed by atoms with Crippen LogP contribution >= 0.6 is 0 Å². The van der Waals surface area contributed by atoms with Gasteiger partial charge in [-0.25, -0.2) is 4.79 Å². The van der Waals surface area contributed by atoms with Gasteiger partial charge in [0, 0.05) is 6.08 Å². The second kappa shape index (κ2) is 15.5. The second-order valence-electron chi connectivity index (χ2n) is 10.2. The minimum Gasteiger partial charge on any atom is -0.497 e. The Morgan fingerprint density at radius 3 is 1.85 bits per heavy atom. The molecule has 0 bridgehead atoms. The third-order valence-corrected chi connectivity index (χ3v) is 6.77. The average Bonchev–Trinajstić information content (AvgIpc) is 2.98. The molecule has 0 fully saturated rings.